The van der Waals surface area contributed by atoms with Gasteiger partial charge in [-0.25, -0.2) is 8.42 Å². The minimum atomic E-state index is -3.12. The Morgan fingerprint density at radius 3 is 2.60 bits per heavy atom. The molecule has 1 aromatic rings. The standard InChI is InChI=1S/C14H18ClNO3S/c1-10(9-20(2,18)19)16(13-6-7-13)14(17)11-4-3-5-12(15)8-11/h3-5,8,10,13H,6-7,9H2,1-2H3. The molecule has 4 nitrogen and oxygen atoms in total. The van der Waals surface area contributed by atoms with Gasteiger partial charge >= 0.3 is 0 Å². The van der Waals surface area contributed by atoms with Gasteiger partial charge in [0.2, 0.25) is 0 Å². The van der Waals surface area contributed by atoms with Gasteiger partial charge in [0.1, 0.15) is 9.84 Å². The van der Waals surface area contributed by atoms with Crippen molar-refractivity contribution in [1.29, 1.82) is 0 Å². The molecular formula is C14H18ClNO3S. The Kier molecular flexibility index (Phi) is 4.39. The molecule has 0 aromatic heterocycles. The summed E-state index contributed by atoms with van der Waals surface area (Å²) in [4.78, 5) is 14.3. The molecule has 1 aliphatic carbocycles. The van der Waals surface area contributed by atoms with Crippen molar-refractivity contribution in [2.45, 2.75) is 31.8 Å². The zero-order valence-corrected chi connectivity index (χ0v) is 13.1. The highest BCUT2D eigenvalue weighted by Crippen LogP contribution is 2.30. The molecule has 0 heterocycles. The predicted molar refractivity (Wildman–Crippen MR) is 79.8 cm³/mol. The molecule has 0 radical (unpaired) electrons. The first kappa shape index (κ1) is 15.3. The third-order valence-corrected chi connectivity index (χ3v) is 4.59. The zero-order valence-electron chi connectivity index (χ0n) is 11.5. The Morgan fingerprint density at radius 2 is 2.10 bits per heavy atom. The molecule has 1 amide bonds. The summed E-state index contributed by atoms with van der Waals surface area (Å²) in [5, 5.41) is 0.502. The monoisotopic (exact) mass is 315 g/mol. The fraction of sp³-hybridized carbons (Fsp3) is 0.500. The number of benzene rings is 1. The van der Waals surface area contributed by atoms with E-state index in [1.54, 1.807) is 36.1 Å². The maximum absolute atomic E-state index is 12.6. The molecule has 1 aliphatic rings. The third-order valence-electron chi connectivity index (χ3n) is 3.27. The van der Waals surface area contributed by atoms with Gasteiger partial charge in [-0.05, 0) is 38.0 Å². The Balaban J connectivity index is 2.22. The summed E-state index contributed by atoms with van der Waals surface area (Å²) in [6.07, 6.45) is 3.05. The Labute approximate surface area is 124 Å². The molecule has 1 unspecified atom stereocenters. The van der Waals surface area contributed by atoms with Gasteiger partial charge in [0, 0.05) is 28.9 Å². The lowest BCUT2D eigenvalue weighted by molar-refractivity contribution is 0.0693. The second-order valence-corrected chi connectivity index (χ2v) is 8.02. The van der Waals surface area contributed by atoms with E-state index in [2.05, 4.69) is 0 Å². The van der Waals surface area contributed by atoms with Crippen molar-refractivity contribution in [3.8, 4) is 0 Å². The molecule has 0 bridgehead atoms. The van der Waals surface area contributed by atoms with Crippen LogP contribution in [0.1, 0.15) is 30.1 Å². The summed E-state index contributed by atoms with van der Waals surface area (Å²) in [6, 6.07) is 6.58. The van der Waals surface area contributed by atoms with E-state index >= 15 is 0 Å². The molecular weight excluding hydrogens is 298 g/mol. The van der Waals surface area contributed by atoms with E-state index in [9.17, 15) is 13.2 Å². The molecule has 20 heavy (non-hydrogen) atoms. The minimum Gasteiger partial charge on any atom is -0.332 e. The van der Waals surface area contributed by atoms with Crippen molar-refractivity contribution in [1.82, 2.24) is 4.90 Å². The maximum Gasteiger partial charge on any atom is 0.254 e. The average Bonchev–Trinajstić information content (AvgIpc) is 3.11. The second kappa shape index (κ2) is 5.74. The lowest BCUT2D eigenvalue weighted by Gasteiger charge is -2.29. The molecule has 1 atom stereocenters. The van der Waals surface area contributed by atoms with Crippen LogP contribution in [0.15, 0.2) is 24.3 Å². The number of halogens is 1. The van der Waals surface area contributed by atoms with E-state index in [-0.39, 0.29) is 23.7 Å². The van der Waals surface area contributed by atoms with Crippen molar-refractivity contribution in [2.24, 2.45) is 0 Å². The number of rotatable bonds is 5. The lowest BCUT2D eigenvalue weighted by atomic mass is 10.1. The third kappa shape index (κ3) is 3.96. The highest BCUT2D eigenvalue weighted by molar-refractivity contribution is 7.90. The zero-order chi connectivity index (χ0) is 14.9. The van der Waals surface area contributed by atoms with Crippen LogP contribution >= 0.6 is 11.6 Å². The van der Waals surface area contributed by atoms with E-state index < -0.39 is 9.84 Å². The number of nitrogens with zero attached hydrogens (tertiary/aromatic N) is 1. The largest absolute Gasteiger partial charge is 0.332 e. The Morgan fingerprint density at radius 1 is 1.45 bits per heavy atom. The first-order chi connectivity index (χ1) is 9.28. The van der Waals surface area contributed by atoms with Crippen LogP contribution in [-0.2, 0) is 9.84 Å². The Hall–Kier alpha value is -1.07. The molecule has 6 heteroatoms. The fourth-order valence-electron chi connectivity index (χ4n) is 2.37. The average molecular weight is 316 g/mol. The number of carbonyl (C=O) groups excluding carboxylic acids is 1. The van der Waals surface area contributed by atoms with Gasteiger partial charge in [-0.2, -0.15) is 0 Å². The van der Waals surface area contributed by atoms with E-state index in [0.29, 0.717) is 10.6 Å². The number of sulfone groups is 1. The summed E-state index contributed by atoms with van der Waals surface area (Å²) in [5.74, 6) is -0.165. The van der Waals surface area contributed by atoms with Gasteiger partial charge in [-0.3, -0.25) is 4.79 Å². The SMILES string of the molecule is CC(CS(C)(=O)=O)N(C(=O)c1cccc(Cl)c1)C1CC1. The first-order valence-electron chi connectivity index (χ1n) is 6.54. The van der Waals surface area contributed by atoms with Crippen LogP contribution in [0.3, 0.4) is 0 Å². The maximum atomic E-state index is 12.6. The summed E-state index contributed by atoms with van der Waals surface area (Å²) >= 11 is 5.91. The van der Waals surface area contributed by atoms with Crippen molar-refractivity contribution in [3.63, 3.8) is 0 Å². The minimum absolute atomic E-state index is 0.0180. The summed E-state index contributed by atoms with van der Waals surface area (Å²) in [6.45, 7) is 1.78. The van der Waals surface area contributed by atoms with Crippen LogP contribution in [0.4, 0.5) is 0 Å². The van der Waals surface area contributed by atoms with E-state index in [4.69, 9.17) is 11.6 Å². The van der Waals surface area contributed by atoms with Crippen LogP contribution in [0, 0.1) is 0 Å². The summed E-state index contributed by atoms with van der Waals surface area (Å²) < 4.78 is 22.9. The van der Waals surface area contributed by atoms with Crippen LogP contribution in [0.5, 0.6) is 0 Å². The van der Waals surface area contributed by atoms with E-state index in [1.807, 2.05) is 0 Å². The molecule has 1 saturated carbocycles. The van der Waals surface area contributed by atoms with Crippen molar-refractivity contribution in [2.75, 3.05) is 12.0 Å². The number of carbonyl (C=O) groups is 1. The quantitative estimate of drug-likeness (QED) is 0.838. The van der Waals surface area contributed by atoms with Crippen molar-refractivity contribution >= 4 is 27.3 Å². The second-order valence-electron chi connectivity index (χ2n) is 5.40. The van der Waals surface area contributed by atoms with Gasteiger partial charge in [-0.1, -0.05) is 17.7 Å². The normalized spacial score (nSPS) is 16.8. The van der Waals surface area contributed by atoms with E-state index in [1.165, 1.54) is 6.26 Å². The van der Waals surface area contributed by atoms with Gasteiger partial charge in [-0.15, -0.1) is 0 Å². The molecule has 110 valence electrons. The smallest absolute Gasteiger partial charge is 0.254 e. The predicted octanol–water partition coefficient (Wildman–Crippen LogP) is 2.38. The van der Waals surface area contributed by atoms with Gasteiger partial charge in [0.15, 0.2) is 0 Å². The molecule has 0 spiro atoms. The topological polar surface area (TPSA) is 54.5 Å². The summed E-state index contributed by atoms with van der Waals surface area (Å²) in [7, 11) is -3.12. The highest BCUT2D eigenvalue weighted by Gasteiger charge is 2.37. The number of amides is 1. The van der Waals surface area contributed by atoms with E-state index in [0.717, 1.165) is 12.8 Å². The number of hydrogen-bond acceptors (Lipinski definition) is 3. The molecule has 0 saturated heterocycles. The molecule has 0 aliphatic heterocycles. The van der Waals surface area contributed by atoms with Gasteiger partial charge < -0.3 is 4.90 Å². The molecule has 0 N–H and O–H groups in total. The lowest BCUT2D eigenvalue weighted by Crippen LogP contribution is -2.43. The van der Waals surface area contributed by atoms with Crippen LogP contribution in [-0.4, -0.2) is 43.3 Å². The highest BCUT2D eigenvalue weighted by atomic mass is 35.5. The van der Waals surface area contributed by atoms with Gasteiger partial charge in [0.25, 0.3) is 5.91 Å². The fourth-order valence-corrected chi connectivity index (χ4v) is 3.59. The molecule has 1 fully saturated rings. The van der Waals surface area contributed by atoms with Crippen LogP contribution in [0.2, 0.25) is 5.02 Å². The Bertz CT molecular complexity index is 611. The first-order valence-corrected chi connectivity index (χ1v) is 8.98. The summed E-state index contributed by atoms with van der Waals surface area (Å²) in [5.41, 5.74) is 0.504. The van der Waals surface area contributed by atoms with Crippen molar-refractivity contribution < 1.29 is 13.2 Å². The number of hydrogen-bond donors (Lipinski definition) is 0. The molecule has 2 rings (SSSR count). The molecule has 1 aromatic carbocycles. The van der Waals surface area contributed by atoms with Crippen molar-refractivity contribution in [3.05, 3.63) is 34.9 Å². The van der Waals surface area contributed by atoms with Crippen LogP contribution < -0.4 is 0 Å². The van der Waals surface area contributed by atoms with Crippen LogP contribution in [0.25, 0.3) is 0 Å². The van der Waals surface area contributed by atoms with Gasteiger partial charge in [0.05, 0.1) is 5.75 Å².